The minimum Gasteiger partial charge on any atom is -0.299 e. The third kappa shape index (κ3) is 5.27. The first kappa shape index (κ1) is 22.6. The maximum Gasteiger partial charge on any atom is 0.264 e. The highest BCUT2D eigenvalue weighted by molar-refractivity contribution is 7.92. The van der Waals surface area contributed by atoms with E-state index in [9.17, 15) is 13.2 Å². The summed E-state index contributed by atoms with van der Waals surface area (Å²) in [5.74, 6) is -0.511. The van der Waals surface area contributed by atoms with Crippen LogP contribution in [0.25, 0.3) is 10.6 Å². The van der Waals surface area contributed by atoms with Crippen LogP contribution in [0.2, 0.25) is 0 Å². The Labute approximate surface area is 196 Å². The number of hydrogen-bond donors (Lipinski definition) is 1. The Hall–Kier alpha value is -3.56. The monoisotopic (exact) mass is 478 g/mol. The second-order valence-electron chi connectivity index (χ2n) is 7.49. The maximum absolute atomic E-state index is 13.4. The van der Waals surface area contributed by atoms with Crippen LogP contribution in [0.5, 0.6) is 0 Å². The van der Waals surface area contributed by atoms with Crippen molar-refractivity contribution >= 4 is 38.1 Å². The number of nitrogens with one attached hydrogen (secondary N) is 1. The lowest BCUT2D eigenvalue weighted by atomic mass is 10.2. The number of carbonyl (C=O) groups excluding carboxylic acids is 1. The van der Waals surface area contributed by atoms with Crippen LogP contribution in [0, 0.1) is 13.8 Å². The van der Waals surface area contributed by atoms with E-state index < -0.39 is 22.5 Å². The first-order valence-corrected chi connectivity index (χ1v) is 12.4. The minimum atomic E-state index is -3.96. The number of hydrogen-bond acceptors (Lipinski definition) is 6. The fourth-order valence-electron chi connectivity index (χ4n) is 3.19. The summed E-state index contributed by atoms with van der Waals surface area (Å²) in [5, 5.41) is 11.8. The molecule has 0 atom stereocenters. The third-order valence-electron chi connectivity index (χ3n) is 4.88. The van der Waals surface area contributed by atoms with Crippen molar-refractivity contribution in [1.82, 2.24) is 10.2 Å². The highest BCUT2D eigenvalue weighted by Crippen LogP contribution is 2.27. The van der Waals surface area contributed by atoms with Crippen LogP contribution in [0.1, 0.15) is 11.1 Å². The molecule has 4 aromatic rings. The van der Waals surface area contributed by atoms with Crippen molar-refractivity contribution in [3.8, 4) is 10.6 Å². The molecule has 0 aliphatic rings. The van der Waals surface area contributed by atoms with Crippen molar-refractivity contribution < 1.29 is 13.2 Å². The summed E-state index contributed by atoms with van der Waals surface area (Å²) >= 11 is 1.23. The van der Waals surface area contributed by atoms with E-state index in [4.69, 9.17) is 0 Å². The van der Waals surface area contributed by atoms with E-state index in [2.05, 4.69) is 15.5 Å². The molecule has 0 aliphatic carbocycles. The number of aromatic nitrogens is 2. The van der Waals surface area contributed by atoms with Gasteiger partial charge in [0.05, 0.1) is 10.6 Å². The molecule has 33 heavy (non-hydrogen) atoms. The van der Waals surface area contributed by atoms with Gasteiger partial charge in [0.15, 0.2) is 0 Å². The molecule has 168 valence electrons. The molecule has 7 nitrogen and oxygen atoms in total. The van der Waals surface area contributed by atoms with E-state index in [1.807, 2.05) is 44.2 Å². The van der Waals surface area contributed by atoms with Gasteiger partial charge in [-0.15, -0.1) is 10.2 Å². The molecule has 1 N–H and O–H groups in total. The quantitative estimate of drug-likeness (QED) is 0.417. The second kappa shape index (κ2) is 9.51. The summed E-state index contributed by atoms with van der Waals surface area (Å²) in [6.07, 6.45) is 0. The average molecular weight is 479 g/mol. The topological polar surface area (TPSA) is 92.3 Å². The van der Waals surface area contributed by atoms with E-state index in [1.54, 1.807) is 36.4 Å². The Morgan fingerprint density at radius 1 is 0.909 bits per heavy atom. The minimum absolute atomic E-state index is 0.108. The first-order chi connectivity index (χ1) is 15.8. The van der Waals surface area contributed by atoms with E-state index in [0.29, 0.717) is 15.8 Å². The summed E-state index contributed by atoms with van der Waals surface area (Å²) in [5.41, 5.74) is 3.32. The predicted molar refractivity (Wildman–Crippen MR) is 131 cm³/mol. The van der Waals surface area contributed by atoms with Crippen molar-refractivity contribution in [3.05, 3.63) is 90.0 Å². The number of anilines is 2. The fourth-order valence-corrected chi connectivity index (χ4v) is 5.39. The van der Waals surface area contributed by atoms with Gasteiger partial charge in [-0.1, -0.05) is 71.5 Å². The standard InChI is InChI=1S/C24H22N4O3S2/c1-17-11-13-19(14-12-17)23-26-27-24(32-23)25-22(29)16-28(20-8-6-7-18(2)15-20)33(30,31)21-9-4-3-5-10-21/h3-15H,16H2,1-2H3,(H,25,27,29). The van der Waals surface area contributed by atoms with Crippen LogP contribution >= 0.6 is 11.3 Å². The molecule has 0 bridgehead atoms. The van der Waals surface area contributed by atoms with Gasteiger partial charge in [0, 0.05) is 5.56 Å². The second-order valence-corrected chi connectivity index (χ2v) is 10.3. The Morgan fingerprint density at radius 2 is 1.64 bits per heavy atom. The molecule has 0 spiro atoms. The molecule has 1 amide bonds. The third-order valence-corrected chi connectivity index (χ3v) is 7.55. The van der Waals surface area contributed by atoms with E-state index in [1.165, 1.54) is 23.5 Å². The zero-order valence-corrected chi connectivity index (χ0v) is 19.7. The summed E-state index contributed by atoms with van der Waals surface area (Å²) in [6.45, 7) is 3.46. The molecule has 0 saturated heterocycles. The van der Waals surface area contributed by atoms with Gasteiger partial charge in [0.1, 0.15) is 11.6 Å². The van der Waals surface area contributed by atoms with Crippen LogP contribution < -0.4 is 9.62 Å². The number of rotatable bonds is 7. The van der Waals surface area contributed by atoms with Crippen molar-refractivity contribution in [2.24, 2.45) is 0 Å². The molecule has 0 fully saturated rings. The zero-order chi connectivity index (χ0) is 23.4. The van der Waals surface area contributed by atoms with Gasteiger partial charge in [-0.25, -0.2) is 8.42 Å². The molecule has 0 unspecified atom stereocenters. The molecular weight excluding hydrogens is 456 g/mol. The summed E-state index contributed by atoms with van der Waals surface area (Å²) in [4.78, 5) is 13.0. The van der Waals surface area contributed by atoms with E-state index in [-0.39, 0.29) is 4.90 Å². The molecular formula is C24H22N4O3S2. The average Bonchev–Trinajstić information content (AvgIpc) is 3.26. The number of nitrogens with zero attached hydrogens (tertiary/aromatic N) is 3. The fraction of sp³-hybridized carbons (Fsp3) is 0.125. The Morgan fingerprint density at radius 3 is 2.33 bits per heavy atom. The lowest BCUT2D eigenvalue weighted by Gasteiger charge is -2.24. The van der Waals surface area contributed by atoms with E-state index in [0.717, 1.165) is 21.0 Å². The number of sulfonamides is 1. The Bertz CT molecular complexity index is 1370. The lowest BCUT2D eigenvalue weighted by molar-refractivity contribution is -0.114. The van der Waals surface area contributed by atoms with Crippen molar-refractivity contribution in [2.45, 2.75) is 18.7 Å². The summed E-state index contributed by atoms with van der Waals surface area (Å²) < 4.78 is 27.8. The van der Waals surface area contributed by atoms with Crippen LogP contribution in [0.3, 0.4) is 0 Å². The molecule has 1 heterocycles. The largest absolute Gasteiger partial charge is 0.299 e. The smallest absolute Gasteiger partial charge is 0.264 e. The van der Waals surface area contributed by atoms with Gasteiger partial charge in [-0.3, -0.25) is 14.4 Å². The molecule has 0 saturated carbocycles. The summed E-state index contributed by atoms with van der Waals surface area (Å²) in [7, 11) is -3.96. The first-order valence-electron chi connectivity index (χ1n) is 10.2. The van der Waals surface area contributed by atoms with Gasteiger partial charge >= 0.3 is 0 Å². The highest BCUT2D eigenvalue weighted by Gasteiger charge is 2.27. The Balaban J connectivity index is 1.58. The van der Waals surface area contributed by atoms with Crippen LogP contribution in [0.15, 0.2) is 83.8 Å². The van der Waals surface area contributed by atoms with Crippen LogP contribution in [-0.2, 0) is 14.8 Å². The normalized spacial score (nSPS) is 11.2. The van der Waals surface area contributed by atoms with Crippen molar-refractivity contribution in [2.75, 3.05) is 16.2 Å². The number of carbonyl (C=O) groups is 1. The van der Waals surface area contributed by atoms with Gasteiger partial charge in [0.2, 0.25) is 11.0 Å². The Kier molecular flexibility index (Phi) is 6.52. The molecule has 9 heteroatoms. The molecule has 1 aromatic heterocycles. The number of amides is 1. The van der Waals surface area contributed by atoms with E-state index >= 15 is 0 Å². The molecule has 0 radical (unpaired) electrons. The van der Waals surface area contributed by atoms with Crippen LogP contribution in [-0.4, -0.2) is 31.1 Å². The molecule has 3 aromatic carbocycles. The van der Waals surface area contributed by atoms with Gasteiger partial charge in [-0.2, -0.15) is 0 Å². The number of aryl methyl sites for hydroxylation is 2. The van der Waals surface area contributed by atoms with Gasteiger partial charge < -0.3 is 0 Å². The highest BCUT2D eigenvalue weighted by atomic mass is 32.2. The lowest BCUT2D eigenvalue weighted by Crippen LogP contribution is -2.38. The van der Waals surface area contributed by atoms with Gasteiger partial charge in [-0.05, 0) is 43.7 Å². The molecule has 0 aliphatic heterocycles. The number of benzene rings is 3. The van der Waals surface area contributed by atoms with Gasteiger partial charge in [0.25, 0.3) is 10.0 Å². The van der Waals surface area contributed by atoms with Crippen molar-refractivity contribution in [1.29, 1.82) is 0 Å². The SMILES string of the molecule is Cc1ccc(-c2nnc(NC(=O)CN(c3cccc(C)c3)S(=O)(=O)c3ccccc3)s2)cc1. The zero-order valence-electron chi connectivity index (χ0n) is 18.1. The molecule has 4 rings (SSSR count). The summed E-state index contributed by atoms with van der Waals surface area (Å²) in [6, 6.07) is 22.9. The van der Waals surface area contributed by atoms with Crippen LogP contribution in [0.4, 0.5) is 10.8 Å². The van der Waals surface area contributed by atoms with Crippen molar-refractivity contribution in [3.63, 3.8) is 0 Å². The maximum atomic E-state index is 13.4. The predicted octanol–water partition coefficient (Wildman–Crippen LogP) is 4.66.